The zero-order valence-electron chi connectivity index (χ0n) is 10.7. The van der Waals surface area contributed by atoms with Crippen molar-refractivity contribution < 1.29 is 4.39 Å². The molecule has 0 bridgehead atoms. The van der Waals surface area contributed by atoms with Crippen molar-refractivity contribution in [3.05, 3.63) is 58.4 Å². The molecule has 0 amide bonds. The molecule has 2 aromatic carbocycles. The van der Waals surface area contributed by atoms with Crippen LogP contribution in [0, 0.1) is 5.82 Å². The van der Waals surface area contributed by atoms with Gasteiger partial charge in [-0.3, -0.25) is 0 Å². The Kier molecular flexibility index (Phi) is 3.29. The van der Waals surface area contributed by atoms with Crippen molar-refractivity contribution in [2.24, 2.45) is 0 Å². The molecule has 0 fully saturated rings. The van der Waals surface area contributed by atoms with E-state index in [0.717, 1.165) is 24.0 Å². The van der Waals surface area contributed by atoms with E-state index in [1.807, 2.05) is 7.05 Å². The molecule has 1 nitrogen and oxygen atoms in total. The lowest BCUT2D eigenvalue weighted by atomic mass is 9.99. The summed E-state index contributed by atoms with van der Waals surface area (Å²) in [7, 11) is 1.99. The van der Waals surface area contributed by atoms with E-state index in [9.17, 15) is 4.39 Å². The Labute approximate surface area is 117 Å². The van der Waals surface area contributed by atoms with E-state index in [4.69, 9.17) is 11.6 Å². The van der Waals surface area contributed by atoms with Crippen molar-refractivity contribution in [2.45, 2.75) is 18.9 Å². The zero-order chi connectivity index (χ0) is 13.4. The zero-order valence-corrected chi connectivity index (χ0v) is 11.5. The fraction of sp³-hybridized carbons (Fsp3) is 0.250. The van der Waals surface area contributed by atoms with Crippen LogP contribution >= 0.6 is 11.6 Å². The average Bonchev–Trinajstić information content (AvgIpc) is 2.80. The van der Waals surface area contributed by atoms with Gasteiger partial charge in [-0.25, -0.2) is 4.39 Å². The Morgan fingerprint density at radius 3 is 2.79 bits per heavy atom. The highest BCUT2D eigenvalue weighted by Crippen LogP contribution is 2.36. The Hall–Kier alpha value is -1.38. The number of rotatable bonds is 2. The molecule has 1 aliphatic carbocycles. The summed E-state index contributed by atoms with van der Waals surface area (Å²) < 4.78 is 13.1. The van der Waals surface area contributed by atoms with Gasteiger partial charge in [-0.05, 0) is 54.8 Å². The summed E-state index contributed by atoms with van der Waals surface area (Å²) in [6.07, 6.45) is 2.21. The molecule has 0 saturated carbocycles. The monoisotopic (exact) mass is 275 g/mol. The van der Waals surface area contributed by atoms with Crippen LogP contribution in [0.15, 0.2) is 36.4 Å². The summed E-state index contributed by atoms with van der Waals surface area (Å²) in [5.74, 6) is -0.301. The highest BCUT2D eigenvalue weighted by molar-refractivity contribution is 6.33. The molecule has 1 unspecified atom stereocenters. The molecule has 0 radical (unpaired) electrons. The molecule has 3 heteroatoms. The van der Waals surface area contributed by atoms with E-state index in [0.29, 0.717) is 11.1 Å². The average molecular weight is 276 g/mol. The van der Waals surface area contributed by atoms with Crippen LogP contribution in [-0.2, 0) is 6.42 Å². The molecule has 0 heterocycles. The van der Waals surface area contributed by atoms with Gasteiger partial charge in [0.15, 0.2) is 0 Å². The summed E-state index contributed by atoms with van der Waals surface area (Å²) in [4.78, 5) is 0. The molecule has 3 rings (SSSR count). The van der Waals surface area contributed by atoms with E-state index in [-0.39, 0.29) is 5.82 Å². The van der Waals surface area contributed by atoms with Crippen LogP contribution in [0.25, 0.3) is 11.1 Å². The molecule has 2 aromatic rings. The molecular formula is C16H15ClFN. The maximum absolute atomic E-state index is 13.1. The third kappa shape index (κ3) is 2.26. The molecule has 0 aromatic heterocycles. The van der Waals surface area contributed by atoms with Gasteiger partial charge in [-0.2, -0.15) is 0 Å². The first kappa shape index (κ1) is 12.6. The third-order valence-corrected chi connectivity index (χ3v) is 4.12. The lowest BCUT2D eigenvalue weighted by Gasteiger charge is -2.11. The predicted octanol–water partition coefficient (Wildman–Crippen LogP) is 4.35. The van der Waals surface area contributed by atoms with Crippen LogP contribution in [-0.4, -0.2) is 7.05 Å². The normalized spacial score (nSPS) is 17.5. The van der Waals surface area contributed by atoms with Gasteiger partial charge in [-0.1, -0.05) is 29.8 Å². The molecule has 1 atom stereocenters. The van der Waals surface area contributed by atoms with E-state index < -0.39 is 0 Å². The molecule has 19 heavy (non-hydrogen) atoms. The second-order valence-electron chi connectivity index (χ2n) is 4.92. The van der Waals surface area contributed by atoms with Crippen molar-refractivity contribution in [3.8, 4) is 11.1 Å². The number of halogens is 2. The van der Waals surface area contributed by atoms with Gasteiger partial charge in [0.05, 0.1) is 5.02 Å². The summed E-state index contributed by atoms with van der Waals surface area (Å²) in [5.41, 5.74) is 4.67. The number of nitrogens with one attached hydrogen (secondary N) is 1. The first-order chi connectivity index (χ1) is 9.19. The van der Waals surface area contributed by atoms with Crippen LogP contribution in [0.3, 0.4) is 0 Å². The fourth-order valence-corrected chi connectivity index (χ4v) is 3.08. The van der Waals surface area contributed by atoms with Gasteiger partial charge < -0.3 is 5.32 Å². The Bertz CT molecular complexity index is 624. The first-order valence-corrected chi connectivity index (χ1v) is 6.82. The van der Waals surface area contributed by atoms with Crippen molar-refractivity contribution in [3.63, 3.8) is 0 Å². The van der Waals surface area contributed by atoms with Crippen molar-refractivity contribution in [1.29, 1.82) is 0 Å². The fourth-order valence-electron chi connectivity index (χ4n) is 2.81. The van der Waals surface area contributed by atoms with Gasteiger partial charge in [0.25, 0.3) is 0 Å². The molecular weight excluding hydrogens is 261 g/mol. The highest BCUT2D eigenvalue weighted by Gasteiger charge is 2.21. The second kappa shape index (κ2) is 4.95. The van der Waals surface area contributed by atoms with Crippen molar-refractivity contribution in [2.75, 3.05) is 7.05 Å². The van der Waals surface area contributed by atoms with Crippen molar-refractivity contribution in [1.82, 2.24) is 5.32 Å². The van der Waals surface area contributed by atoms with Crippen LogP contribution in [0.5, 0.6) is 0 Å². The maximum Gasteiger partial charge on any atom is 0.124 e. The standard InChI is InChI=1S/C16H15ClFN/c1-19-16-7-3-11-8-10(2-5-14(11)16)13-6-4-12(18)9-15(13)17/h2,4-6,8-9,16,19H,3,7H2,1H3. The Morgan fingerprint density at radius 1 is 1.21 bits per heavy atom. The predicted molar refractivity (Wildman–Crippen MR) is 77.0 cm³/mol. The van der Waals surface area contributed by atoms with Crippen molar-refractivity contribution >= 4 is 11.6 Å². The van der Waals surface area contributed by atoms with Gasteiger partial charge in [0, 0.05) is 11.6 Å². The number of benzene rings is 2. The number of hydrogen-bond acceptors (Lipinski definition) is 1. The second-order valence-corrected chi connectivity index (χ2v) is 5.32. The van der Waals surface area contributed by atoms with Crippen LogP contribution < -0.4 is 5.32 Å². The largest absolute Gasteiger partial charge is 0.313 e. The lowest BCUT2D eigenvalue weighted by molar-refractivity contribution is 0.590. The van der Waals surface area contributed by atoms with Crippen LogP contribution in [0.2, 0.25) is 5.02 Å². The smallest absolute Gasteiger partial charge is 0.124 e. The molecule has 0 saturated heterocycles. The first-order valence-electron chi connectivity index (χ1n) is 6.44. The summed E-state index contributed by atoms with van der Waals surface area (Å²) in [5, 5.41) is 3.78. The van der Waals surface area contributed by atoms with E-state index >= 15 is 0 Å². The van der Waals surface area contributed by atoms with Gasteiger partial charge >= 0.3 is 0 Å². The topological polar surface area (TPSA) is 12.0 Å². The number of fused-ring (bicyclic) bond motifs is 1. The maximum atomic E-state index is 13.1. The minimum atomic E-state index is -0.301. The Morgan fingerprint density at radius 2 is 2.05 bits per heavy atom. The lowest BCUT2D eigenvalue weighted by Crippen LogP contribution is -2.12. The minimum absolute atomic E-state index is 0.301. The number of aryl methyl sites for hydroxylation is 1. The van der Waals surface area contributed by atoms with Gasteiger partial charge in [0.1, 0.15) is 5.82 Å². The summed E-state index contributed by atoms with van der Waals surface area (Å²) >= 11 is 6.12. The van der Waals surface area contributed by atoms with Crippen LogP contribution in [0.4, 0.5) is 4.39 Å². The highest BCUT2D eigenvalue weighted by atomic mass is 35.5. The van der Waals surface area contributed by atoms with E-state index in [2.05, 4.69) is 23.5 Å². The summed E-state index contributed by atoms with van der Waals surface area (Å²) in [6.45, 7) is 0. The minimum Gasteiger partial charge on any atom is -0.313 e. The van der Waals surface area contributed by atoms with Gasteiger partial charge in [-0.15, -0.1) is 0 Å². The summed E-state index contributed by atoms with van der Waals surface area (Å²) in [6, 6.07) is 11.4. The SMILES string of the molecule is CNC1CCc2cc(-c3ccc(F)cc3Cl)ccc21. The molecule has 0 aliphatic heterocycles. The van der Waals surface area contributed by atoms with Gasteiger partial charge in [0.2, 0.25) is 0 Å². The molecule has 1 N–H and O–H groups in total. The Balaban J connectivity index is 2.03. The third-order valence-electron chi connectivity index (χ3n) is 3.81. The molecule has 0 spiro atoms. The molecule has 1 aliphatic rings. The van der Waals surface area contributed by atoms with E-state index in [1.165, 1.54) is 23.3 Å². The van der Waals surface area contributed by atoms with Crippen LogP contribution in [0.1, 0.15) is 23.6 Å². The molecule has 98 valence electrons. The number of hydrogen-bond donors (Lipinski definition) is 1. The quantitative estimate of drug-likeness (QED) is 0.859. The van der Waals surface area contributed by atoms with E-state index in [1.54, 1.807) is 6.07 Å².